The number of nitrogens with zero attached hydrogens (tertiary/aromatic N) is 2. The van der Waals surface area contributed by atoms with Crippen LogP contribution in [0.15, 0.2) is 27.7 Å². The zero-order valence-electron chi connectivity index (χ0n) is 9.73. The van der Waals surface area contributed by atoms with Crippen molar-refractivity contribution in [2.45, 2.75) is 26.0 Å². The van der Waals surface area contributed by atoms with Crippen molar-refractivity contribution >= 4 is 26.8 Å². The Labute approximate surface area is 111 Å². The highest BCUT2D eigenvalue weighted by Crippen LogP contribution is 2.18. The number of hydrogen-bond donors (Lipinski definition) is 1. The molecule has 0 aliphatic carbocycles. The molecule has 1 heterocycles. The van der Waals surface area contributed by atoms with Gasteiger partial charge in [-0.2, -0.15) is 0 Å². The molecular weight excluding hydrogens is 303 g/mol. The molecule has 0 saturated heterocycles. The number of hydrogen-bond acceptors (Lipinski definition) is 3. The molecule has 0 radical (unpaired) electrons. The van der Waals surface area contributed by atoms with Crippen LogP contribution in [0.25, 0.3) is 10.9 Å². The fourth-order valence-corrected chi connectivity index (χ4v) is 2.11. The summed E-state index contributed by atoms with van der Waals surface area (Å²) in [6.45, 7) is 1.98. The Bertz CT molecular complexity index is 642. The molecule has 6 heteroatoms. The SMILES string of the molecule is CCC(O)Cn1cnc2c(F)cc(Br)cc2c1=O. The van der Waals surface area contributed by atoms with Crippen molar-refractivity contribution in [1.29, 1.82) is 0 Å². The standard InChI is InChI=1S/C12H12BrFN2O2/c1-2-8(17)5-16-6-15-11-9(12(16)18)3-7(13)4-10(11)14/h3-4,6,8,17H,2,5H2,1H3. The molecule has 1 aromatic heterocycles. The average Bonchev–Trinajstić information content (AvgIpc) is 2.33. The van der Waals surface area contributed by atoms with Crippen LogP contribution in [0.3, 0.4) is 0 Å². The van der Waals surface area contributed by atoms with Gasteiger partial charge in [-0.25, -0.2) is 9.37 Å². The van der Waals surface area contributed by atoms with E-state index in [1.807, 2.05) is 6.92 Å². The van der Waals surface area contributed by atoms with Crippen LogP contribution < -0.4 is 5.56 Å². The van der Waals surface area contributed by atoms with E-state index in [2.05, 4.69) is 20.9 Å². The van der Waals surface area contributed by atoms with Crippen molar-refractivity contribution in [3.63, 3.8) is 0 Å². The van der Waals surface area contributed by atoms with E-state index in [9.17, 15) is 14.3 Å². The molecule has 0 amide bonds. The molecule has 1 atom stereocenters. The summed E-state index contributed by atoms with van der Waals surface area (Å²) in [5.74, 6) is -0.542. The maximum atomic E-state index is 13.6. The minimum atomic E-state index is -0.612. The summed E-state index contributed by atoms with van der Waals surface area (Å²) in [6, 6.07) is 2.79. The second-order valence-corrected chi connectivity index (χ2v) is 4.96. The first kappa shape index (κ1) is 13.2. The molecule has 1 unspecified atom stereocenters. The predicted molar refractivity (Wildman–Crippen MR) is 70.0 cm³/mol. The van der Waals surface area contributed by atoms with Crippen LogP contribution in [0.2, 0.25) is 0 Å². The molecule has 1 aromatic carbocycles. The Morgan fingerprint density at radius 1 is 1.56 bits per heavy atom. The summed E-state index contributed by atoms with van der Waals surface area (Å²) in [5, 5.41) is 9.75. The topological polar surface area (TPSA) is 55.1 Å². The Kier molecular flexibility index (Phi) is 3.77. The van der Waals surface area contributed by atoms with E-state index >= 15 is 0 Å². The van der Waals surface area contributed by atoms with E-state index in [1.54, 1.807) is 0 Å². The Hall–Kier alpha value is -1.27. The number of aliphatic hydroxyl groups is 1. The Balaban J connectivity index is 2.60. The molecule has 18 heavy (non-hydrogen) atoms. The van der Waals surface area contributed by atoms with Crippen molar-refractivity contribution in [3.05, 3.63) is 39.1 Å². The van der Waals surface area contributed by atoms with E-state index in [1.165, 1.54) is 23.0 Å². The number of rotatable bonds is 3. The molecule has 0 aliphatic rings. The van der Waals surface area contributed by atoms with Crippen LogP contribution in [0.1, 0.15) is 13.3 Å². The second-order valence-electron chi connectivity index (χ2n) is 4.05. The number of aliphatic hydroxyl groups excluding tert-OH is 1. The molecular formula is C12H12BrFN2O2. The van der Waals surface area contributed by atoms with E-state index in [4.69, 9.17) is 0 Å². The monoisotopic (exact) mass is 314 g/mol. The zero-order valence-corrected chi connectivity index (χ0v) is 11.3. The minimum absolute atomic E-state index is 0.0467. The quantitative estimate of drug-likeness (QED) is 0.943. The van der Waals surface area contributed by atoms with Gasteiger partial charge in [-0.1, -0.05) is 22.9 Å². The zero-order chi connectivity index (χ0) is 13.3. The molecule has 0 aliphatic heterocycles. The second kappa shape index (κ2) is 5.16. The maximum Gasteiger partial charge on any atom is 0.261 e. The lowest BCUT2D eigenvalue weighted by atomic mass is 10.2. The highest BCUT2D eigenvalue weighted by atomic mass is 79.9. The van der Waals surface area contributed by atoms with Crippen LogP contribution in [0.4, 0.5) is 4.39 Å². The van der Waals surface area contributed by atoms with Gasteiger partial charge in [-0.3, -0.25) is 9.36 Å². The van der Waals surface area contributed by atoms with Crippen molar-refractivity contribution < 1.29 is 9.50 Å². The first-order valence-corrected chi connectivity index (χ1v) is 6.34. The fourth-order valence-electron chi connectivity index (χ4n) is 1.68. The lowest BCUT2D eigenvalue weighted by Gasteiger charge is -2.10. The number of benzene rings is 1. The molecule has 1 N–H and O–H groups in total. The van der Waals surface area contributed by atoms with Crippen molar-refractivity contribution in [2.75, 3.05) is 0 Å². The third-order valence-corrected chi connectivity index (χ3v) is 3.18. The van der Waals surface area contributed by atoms with Gasteiger partial charge in [0, 0.05) is 4.47 Å². The van der Waals surface area contributed by atoms with Crippen LogP contribution >= 0.6 is 15.9 Å². The summed E-state index contributed by atoms with van der Waals surface area (Å²) < 4.78 is 15.4. The van der Waals surface area contributed by atoms with Crippen molar-refractivity contribution in [2.24, 2.45) is 0 Å². The van der Waals surface area contributed by atoms with Crippen LogP contribution in [0.5, 0.6) is 0 Å². The minimum Gasteiger partial charge on any atom is -0.391 e. The van der Waals surface area contributed by atoms with Gasteiger partial charge >= 0.3 is 0 Å². The van der Waals surface area contributed by atoms with Crippen LogP contribution in [0, 0.1) is 5.82 Å². The average molecular weight is 315 g/mol. The fraction of sp³-hybridized carbons (Fsp3) is 0.333. The molecule has 2 rings (SSSR count). The summed E-state index contributed by atoms with van der Waals surface area (Å²) in [7, 11) is 0. The van der Waals surface area contributed by atoms with Gasteiger partial charge in [0.2, 0.25) is 0 Å². The largest absolute Gasteiger partial charge is 0.391 e. The van der Waals surface area contributed by atoms with Gasteiger partial charge in [0.25, 0.3) is 5.56 Å². The van der Waals surface area contributed by atoms with E-state index in [0.29, 0.717) is 10.9 Å². The highest BCUT2D eigenvalue weighted by Gasteiger charge is 2.11. The third kappa shape index (κ3) is 2.44. The number of aromatic nitrogens is 2. The van der Waals surface area contributed by atoms with E-state index in [-0.39, 0.29) is 23.0 Å². The maximum absolute atomic E-state index is 13.6. The first-order chi connectivity index (χ1) is 8.52. The molecule has 0 spiro atoms. The number of fused-ring (bicyclic) bond motifs is 1. The summed E-state index contributed by atoms with van der Waals surface area (Å²) in [6.07, 6.45) is 1.19. The van der Waals surface area contributed by atoms with Gasteiger partial charge < -0.3 is 5.11 Å². The van der Waals surface area contributed by atoms with Crippen molar-refractivity contribution in [1.82, 2.24) is 9.55 Å². The van der Waals surface area contributed by atoms with Gasteiger partial charge in [-0.15, -0.1) is 0 Å². The molecule has 96 valence electrons. The van der Waals surface area contributed by atoms with Crippen molar-refractivity contribution in [3.8, 4) is 0 Å². The Morgan fingerprint density at radius 2 is 2.28 bits per heavy atom. The summed E-state index contributed by atoms with van der Waals surface area (Å²) in [4.78, 5) is 16.0. The van der Waals surface area contributed by atoms with E-state index < -0.39 is 11.9 Å². The molecule has 4 nitrogen and oxygen atoms in total. The van der Waals surface area contributed by atoms with Gasteiger partial charge in [0.15, 0.2) is 5.82 Å². The summed E-state index contributed by atoms with van der Waals surface area (Å²) in [5.41, 5.74) is -0.307. The third-order valence-electron chi connectivity index (χ3n) is 2.72. The highest BCUT2D eigenvalue weighted by molar-refractivity contribution is 9.10. The van der Waals surface area contributed by atoms with Gasteiger partial charge in [0.05, 0.1) is 24.4 Å². The summed E-state index contributed by atoms with van der Waals surface area (Å²) >= 11 is 3.14. The van der Waals surface area contributed by atoms with Crippen LogP contribution in [-0.4, -0.2) is 20.8 Å². The molecule has 2 aromatic rings. The number of halogens is 2. The molecule has 0 bridgehead atoms. The first-order valence-electron chi connectivity index (χ1n) is 5.55. The molecule has 0 fully saturated rings. The van der Waals surface area contributed by atoms with Gasteiger partial charge in [0.1, 0.15) is 5.52 Å². The Morgan fingerprint density at radius 3 is 2.94 bits per heavy atom. The lowest BCUT2D eigenvalue weighted by molar-refractivity contribution is 0.148. The van der Waals surface area contributed by atoms with Crippen LogP contribution in [-0.2, 0) is 6.54 Å². The smallest absolute Gasteiger partial charge is 0.261 e. The van der Waals surface area contributed by atoms with E-state index in [0.717, 1.165) is 0 Å². The lowest BCUT2D eigenvalue weighted by Crippen LogP contribution is -2.26. The van der Waals surface area contributed by atoms with Gasteiger partial charge in [-0.05, 0) is 18.6 Å². The predicted octanol–water partition coefficient (Wildman–Crippen LogP) is 2.07. The normalized spacial score (nSPS) is 12.9. The molecule has 0 saturated carbocycles.